The third-order valence-corrected chi connectivity index (χ3v) is 5.58. The Balaban J connectivity index is -0.000000416. The molecule has 0 unspecified atom stereocenters. The van der Waals surface area contributed by atoms with Gasteiger partial charge in [-0.3, -0.25) is 0 Å². The maximum atomic E-state index is 8.66. The van der Waals surface area contributed by atoms with Gasteiger partial charge in [-0.05, 0) is 51.4 Å². The van der Waals surface area contributed by atoms with Crippen molar-refractivity contribution in [2.24, 2.45) is 0 Å². The molecular weight excluding hydrogens is 411 g/mol. The molecule has 0 saturated carbocycles. The largest absolute Gasteiger partial charge is 0.790 e. The van der Waals surface area contributed by atoms with Gasteiger partial charge in [-0.1, -0.05) is 55.4 Å². The summed E-state index contributed by atoms with van der Waals surface area (Å²) in [4.78, 5) is 24.3. The summed E-state index contributed by atoms with van der Waals surface area (Å²) in [5, 5.41) is 0. The van der Waals surface area contributed by atoms with E-state index in [0.29, 0.717) is 0 Å². The summed E-state index contributed by atoms with van der Waals surface area (Å²) in [6, 6.07) is 0. The first kappa shape index (κ1) is 35.6. The van der Waals surface area contributed by atoms with Crippen LogP contribution in [0.1, 0.15) is 107 Å². The molecule has 0 fully saturated rings. The zero-order valence-corrected chi connectivity index (χ0v) is 23.2. The van der Waals surface area contributed by atoms with Crippen molar-refractivity contribution in [1.29, 1.82) is 0 Å². The molecular formula is C24H57N2O4P. The number of phosphoric acid groups is 1. The van der Waals surface area contributed by atoms with Gasteiger partial charge in [-0.25, -0.2) is 0 Å². The number of hydrogen-bond acceptors (Lipinski definition) is 3. The molecule has 0 bridgehead atoms. The van der Waals surface area contributed by atoms with Crippen LogP contribution in [0.3, 0.4) is 0 Å². The highest BCUT2D eigenvalue weighted by molar-refractivity contribution is 7.42. The van der Waals surface area contributed by atoms with E-state index >= 15 is 0 Å². The van der Waals surface area contributed by atoms with Crippen LogP contribution < -0.4 is 9.79 Å². The van der Waals surface area contributed by atoms with E-state index in [1.54, 1.807) is 0 Å². The van der Waals surface area contributed by atoms with Gasteiger partial charge >= 0.3 is 0 Å². The summed E-state index contributed by atoms with van der Waals surface area (Å²) in [7, 11) is -5.14. The number of hydrogen-bond donors (Lipinski definition) is 1. The first-order valence-corrected chi connectivity index (χ1v) is 14.4. The van der Waals surface area contributed by atoms with Crippen LogP contribution in [0.2, 0.25) is 0 Å². The molecule has 192 valence electrons. The molecule has 0 heterocycles. The van der Waals surface area contributed by atoms with E-state index < -0.39 is 7.82 Å². The van der Waals surface area contributed by atoms with E-state index in [4.69, 9.17) is 19.2 Å². The minimum Gasteiger partial charge on any atom is -0.790 e. The number of nitrogens with zero attached hydrogens (tertiary/aromatic N) is 2. The Labute approximate surface area is 195 Å². The van der Waals surface area contributed by atoms with Crippen molar-refractivity contribution >= 4 is 7.82 Å². The number of quaternary nitrogens is 2. The first-order valence-electron chi connectivity index (χ1n) is 12.9. The predicted octanol–water partition coefficient (Wildman–Crippen LogP) is 4.69. The molecule has 0 aromatic rings. The van der Waals surface area contributed by atoms with Gasteiger partial charge in [-0.15, -0.1) is 0 Å². The van der Waals surface area contributed by atoms with E-state index in [1.165, 1.54) is 113 Å². The van der Waals surface area contributed by atoms with Crippen LogP contribution in [0, 0.1) is 0 Å². The molecule has 0 aliphatic carbocycles. The summed E-state index contributed by atoms with van der Waals surface area (Å²) in [5.41, 5.74) is 0. The van der Waals surface area contributed by atoms with Crippen LogP contribution in [0.5, 0.6) is 0 Å². The average Bonchev–Trinajstić information content (AvgIpc) is 2.63. The van der Waals surface area contributed by atoms with Crippen molar-refractivity contribution in [2.45, 2.75) is 107 Å². The molecule has 0 aliphatic rings. The lowest BCUT2D eigenvalue weighted by molar-refractivity contribution is -0.928. The van der Waals surface area contributed by atoms with E-state index in [1.807, 2.05) is 0 Å². The fourth-order valence-corrected chi connectivity index (χ4v) is 5.14. The second-order valence-electron chi connectivity index (χ2n) is 8.94. The third kappa shape index (κ3) is 23.0. The second-order valence-corrected chi connectivity index (χ2v) is 9.88. The van der Waals surface area contributed by atoms with Gasteiger partial charge in [0.25, 0.3) is 0 Å². The highest BCUT2D eigenvalue weighted by Gasteiger charge is 2.23. The molecule has 0 radical (unpaired) electrons. The minimum absolute atomic E-state index is 1.33. The summed E-state index contributed by atoms with van der Waals surface area (Å²) in [5.74, 6) is 0. The topological polar surface area (TPSA) is 83.4 Å². The normalized spacial score (nSPS) is 12.0. The maximum absolute atomic E-state index is 8.66. The fourth-order valence-electron chi connectivity index (χ4n) is 5.14. The van der Waals surface area contributed by atoms with Gasteiger partial charge in [0.2, 0.25) is 0 Å². The molecule has 0 saturated heterocycles. The molecule has 1 N–H and O–H groups in total. The van der Waals surface area contributed by atoms with Crippen LogP contribution in [0.25, 0.3) is 0 Å². The molecule has 0 spiro atoms. The SMILES string of the molecule is CCC[N+](CCC)(CCC)CCC.CCC[N+](CCC)(CCC)CCC.O=P([O-])([O-])O. The van der Waals surface area contributed by atoms with Crippen LogP contribution in [-0.4, -0.2) is 66.2 Å². The van der Waals surface area contributed by atoms with Crippen molar-refractivity contribution in [3.05, 3.63) is 0 Å². The molecule has 0 aromatic carbocycles. The van der Waals surface area contributed by atoms with Crippen molar-refractivity contribution < 1.29 is 28.2 Å². The highest BCUT2D eigenvalue weighted by atomic mass is 31.2. The van der Waals surface area contributed by atoms with Gasteiger partial charge in [0.15, 0.2) is 0 Å². The van der Waals surface area contributed by atoms with Crippen LogP contribution in [0.4, 0.5) is 0 Å². The van der Waals surface area contributed by atoms with Crippen molar-refractivity contribution in [3.63, 3.8) is 0 Å². The second kappa shape index (κ2) is 21.9. The molecule has 0 amide bonds. The average molecular weight is 469 g/mol. The van der Waals surface area contributed by atoms with Crippen molar-refractivity contribution in [3.8, 4) is 0 Å². The van der Waals surface area contributed by atoms with Crippen molar-refractivity contribution in [1.82, 2.24) is 0 Å². The van der Waals surface area contributed by atoms with E-state index in [9.17, 15) is 0 Å². The zero-order valence-electron chi connectivity index (χ0n) is 22.3. The van der Waals surface area contributed by atoms with Gasteiger partial charge < -0.3 is 28.2 Å². The molecule has 6 nitrogen and oxygen atoms in total. The van der Waals surface area contributed by atoms with E-state index in [0.717, 1.165) is 0 Å². The number of rotatable bonds is 16. The molecule has 7 heteroatoms. The van der Waals surface area contributed by atoms with Gasteiger partial charge in [0.1, 0.15) is 0 Å². The van der Waals surface area contributed by atoms with Crippen LogP contribution in [0.15, 0.2) is 0 Å². The van der Waals surface area contributed by atoms with Gasteiger partial charge in [-0.2, -0.15) is 0 Å². The minimum atomic E-state index is -5.14. The summed E-state index contributed by atoms with van der Waals surface area (Å²) < 4.78 is 11.4. The standard InChI is InChI=1S/2C12H28N.H3O4P/c2*1-5-9-13(10-6-2,11-7-3)12-8-4;1-5(2,3)4/h2*5-12H2,1-4H3;(H3,1,2,3,4)/q2*+1;/p-2. The molecule has 0 atom stereocenters. The lowest BCUT2D eigenvalue weighted by atomic mass is 10.2. The Bertz CT molecular complexity index is 321. The van der Waals surface area contributed by atoms with Gasteiger partial charge in [0.05, 0.1) is 60.2 Å². The first-order chi connectivity index (χ1) is 14.5. The quantitative estimate of drug-likeness (QED) is 0.263. The zero-order chi connectivity index (χ0) is 24.8. The predicted molar refractivity (Wildman–Crippen MR) is 132 cm³/mol. The Kier molecular flexibility index (Phi) is 25.1. The Morgan fingerprint density at radius 1 is 0.484 bits per heavy atom. The van der Waals surface area contributed by atoms with E-state index in [2.05, 4.69) is 55.4 Å². The summed E-state index contributed by atoms with van der Waals surface area (Å²) in [6.45, 7) is 29.6. The molecule has 31 heavy (non-hydrogen) atoms. The summed E-state index contributed by atoms with van der Waals surface area (Å²) >= 11 is 0. The fraction of sp³-hybridized carbons (Fsp3) is 1.00. The van der Waals surface area contributed by atoms with Crippen molar-refractivity contribution in [2.75, 3.05) is 52.4 Å². The summed E-state index contributed by atoms with van der Waals surface area (Å²) in [6.07, 6.45) is 10.7. The van der Waals surface area contributed by atoms with Gasteiger partial charge in [0, 0.05) is 0 Å². The lowest BCUT2D eigenvalue weighted by Crippen LogP contribution is -2.50. The smallest absolute Gasteiger partial charge is 0.0783 e. The third-order valence-electron chi connectivity index (χ3n) is 5.58. The Morgan fingerprint density at radius 3 is 0.645 bits per heavy atom. The Morgan fingerprint density at radius 2 is 0.581 bits per heavy atom. The monoisotopic (exact) mass is 468 g/mol. The highest BCUT2D eigenvalue weighted by Crippen LogP contribution is 2.13. The van der Waals surface area contributed by atoms with Crippen LogP contribution in [-0.2, 0) is 4.57 Å². The van der Waals surface area contributed by atoms with Crippen LogP contribution >= 0.6 is 7.82 Å². The lowest BCUT2D eigenvalue weighted by Gasteiger charge is -2.38. The molecule has 0 rings (SSSR count). The van der Waals surface area contributed by atoms with E-state index in [-0.39, 0.29) is 0 Å². The maximum Gasteiger partial charge on any atom is 0.0783 e. The molecule has 0 aromatic heterocycles. The molecule has 0 aliphatic heterocycles. The Hall–Kier alpha value is 0.0300.